The van der Waals surface area contributed by atoms with Crippen LogP contribution in [-0.4, -0.2) is 43.0 Å². The molecule has 1 aliphatic rings. The van der Waals surface area contributed by atoms with Crippen LogP contribution in [0.15, 0.2) is 78.9 Å². The number of halogens is 2. The summed E-state index contributed by atoms with van der Waals surface area (Å²) < 4.78 is 26.2. The minimum absolute atomic E-state index is 0.126. The monoisotopic (exact) mass is 490 g/mol. The Labute approximate surface area is 208 Å². The Morgan fingerprint density at radius 2 is 1.69 bits per heavy atom. The van der Waals surface area contributed by atoms with Crippen LogP contribution in [0.2, 0.25) is 0 Å². The van der Waals surface area contributed by atoms with Gasteiger partial charge in [-0.05, 0) is 53.6 Å². The summed E-state index contributed by atoms with van der Waals surface area (Å²) in [6, 6.07) is 20.2. The zero-order valence-corrected chi connectivity index (χ0v) is 19.7. The molecule has 2 atom stereocenters. The van der Waals surface area contributed by atoms with Gasteiger partial charge in [0.05, 0.1) is 17.3 Å². The summed E-state index contributed by atoms with van der Waals surface area (Å²) in [5, 5.41) is 5.59. The molecule has 0 bridgehead atoms. The van der Waals surface area contributed by atoms with Crippen molar-refractivity contribution < 1.29 is 18.4 Å². The Kier molecular flexibility index (Phi) is 8.07. The number of carbonyl (C=O) groups is 2. The minimum Gasteiger partial charge on any atom is -0.397 e. The van der Waals surface area contributed by atoms with Gasteiger partial charge >= 0.3 is 0 Å². The van der Waals surface area contributed by atoms with E-state index in [-0.39, 0.29) is 36.0 Å². The van der Waals surface area contributed by atoms with Crippen LogP contribution in [-0.2, 0) is 9.59 Å². The molecular formula is C28H28F2N4O2. The molecule has 1 fully saturated rings. The number of nitrogens with zero attached hydrogens (tertiary/aromatic N) is 1. The predicted molar refractivity (Wildman–Crippen MR) is 139 cm³/mol. The lowest BCUT2D eigenvalue weighted by atomic mass is 9.88. The van der Waals surface area contributed by atoms with Crippen LogP contribution in [0.25, 0.3) is 6.08 Å². The first-order valence-corrected chi connectivity index (χ1v) is 11.7. The highest BCUT2D eigenvalue weighted by molar-refractivity contribution is 6.03. The van der Waals surface area contributed by atoms with E-state index >= 15 is 0 Å². The number of nitrogens with one attached hydrogen (secondary N) is 2. The Hall–Kier alpha value is -4.04. The van der Waals surface area contributed by atoms with Gasteiger partial charge < -0.3 is 16.4 Å². The fourth-order valence-electron chi connectivity index (χ4n) is 4.37. The van der Waals surface area contributed by atoms with Gasteiger partial charge in [0, 0.05) is 37.3 Å². The van der Waals surface area contributed by atoms with Gasteiger partial charge in [-0.2, -0.15) is 0 Å². The van der Waals surface area contributed by atoms with Crippen LogP contribution in [0.4, 0.5) is 25.8 Å². The summed E-state index contributed by atoms with van der Waals surface area (Å²) in [5.74, 6) is -1.37. The zero-order chi connectivity index (χ0) is 25.5. The number of rotatable bonds is 8. The number of carbonyl (C=O) groups excluding carboxylic acids is 2. The first kappa shape index (κ1) is 25.1. The van der Waals surface area contributed by atoms with Crippen LogP contribution < -0.4 is 16.4 Å². The largest absolute Gasteiger partial charge is 0.397 e. The maximum atomic E-state index is 13.2. The molecule has 3 aromatic rings. The van der Waals surface area contributed by atoms with Gasteiger partial charge in [-0.1, -0.05) is 36.4 Å². The zero-order valence-electron chi connectivity index (χ0n) is 19.7. The molecule has 186 valence electrons. The van der Waals surface area contributed by atoms with E-state index in [9.17, 15) is 18.4 Å². The lowest BCUT2D eigenvalue weighted by Crippen LogP contribution is -2.29. The molecule has 0 aromatic heterocycles. The number of nitrogens with two attached hydrogens (primary N) is 1. The third-order valence-corrected chi connectivity index (χ3v) is 6.26. The van der Waals surface area contributed by atoms with Crippen LogP contribution in [0, 0.1) is 11.7 Å². The number of amides is 2. The predicted octanol–water partition coefficient (Wildman–Crippen LogP) is 4.68. The van der Waals surface area contributed by atoms with Crippen LogP contribution >= 0.6 is 0 Å². The van der Waals surface area contributed by atoms with Crippen molar-refractivity contribution in [2.75, 3.05) is 42.7 Å². The molecule has 0 saturated carbocycles. The summed E-state index contributed by atoms with van der Waals surface area (Å²) in [7, 11) is 0. The summed E-state index contributed by atoms with van der Waals surface area (Å²) >= 11 is 0. The highest BCUT2D eigenvalue weighted by atomic mass is 19.1. The highest BCUT2D eigenvalue weighted by Gasteiger charge is 2.38. The third kappa shape index (κ3) is 6.34. The van der Waals surface area contributed by atoms with Gasteiger partial charge in [0.15, 0.2) is 0 Å². The summed E-state index contributed by atoms with van der Waals surface area (Å²) in [6.45, 7) is 0.770. The molecule has 1 aliphatic heterocycles. The van der Waals surface area contributed by atoms with E-state index in [1.807, 2.05) is 29.2 Å². The molecule has 2 amide bonds. The van der Waals surface area contributed by atoms with Crippen molar-refractivity contribution in [3.05, 3.63) is 95.8 Å². The van der Waals surface area contributed by atoms with Crippen molar-refractivity contribution in [1.29, 1.82) is 0 Å². The second kappa shape index (κ2) is 11.6. The van der Waals surface area contributed by atoms with Crippen molar-refractivity contribution in [3.63, 3.8) is 0 Å². The van der Waals surface area contributed by atoms with Crippen LogP contribution in [0.5, 0.6) is 0 Å². The van der Waals surface area contributed by atoms with Crippen molar-refractivity contribution in [3.8, 4) is 0 Å². The molecule has 4 rings (SSSR count). The molecule has 0 aliphatic carbocycles. The van der Waals surface area contributed by atoms with Gasteiger partial charge in [0.1, 0.15) is 12.5 Å². The van der Waals surface area contributed by atoms with Gasteiger partial charge in [-0.25, -0.2) is 8.78 Å². The number of nitrogen functional groups attached to an aromatic ring is 1. The van der Waals surface area contributed by atoms with E-state index in [0.717, 1.165) is 11.1 Å². The quantitative estimate of drug-likeness (QED) is 0.316. The average molecular weight is 491 g/mol. The summed E-state index contributed by atoms with van der Waals surface area (Å²) in [4.78, 5) is 27.2. The van der Waals surface area contributed by atoms with Crippen molar-refractivity contribution >= 4 is 35.0 Å². The molecule has 1 saturated heterocycles. The van der Waals surface area contributed by atoms with E-state index in [2.05, 4.69) is 10.6 Å². The minimum atomic E-state index is -0.487. The van der Waals surface area contributed by atoms with Crippen molar-refractivity contribution in [2.24, 2.45) is 5.92 Å². The van der Waals surface area contributed by atoms with Gasteiger partial charge in [-0.15, -0.1) is 0 Å². The molecule has 0 spiro atoms. The topological polar surface area (TPSA) is 87.5 Å². The van der Waals surface area contributed by atoms with E-state index < -0.39 is 6.67 Å². The first-order chi connectivity index (χ1) is 17.4. The number of anilines is 3. The van der Waals surface area contributed by atoms with Gasteiger partial charge in [0.2, 0.25) is 11.8 Å². The Bertz CT molecular complexity index is 1230. The molecule has 6 nitrogen and oxygen atoms in total. The molecule has 3 aromatic carbocycles. The lowest BCUT2D eigenvalue weighted by Gasteiger charge is -2.19. The Morgan fingerprint density at radius 3 is 2.39 bits per heavy atom. The second-order valence-electron chi connectivity index (χ2n) is 8.73. The lowest BCUT2D eigenvalue weighted by molar-refractivity contribution is -0.120. The van der Waals surface area contributed by atoms with E-state index in [1.54, 1.807) is 30.3 Å². The highest BCUT2D eigenvalue weighted by Crippen LogP contribution is 2.34. The van der Waals surface area contributed by atoms with E-state index in [1.165, 1.54) is 30.3 Å². The Morgan fingerprint density at radius 1 is 0.972 bits per heavy atom. The number of likely N-dealkylation sites (tertiary alicyclic amines) is 1. The van der Waals surface area contributed by atoms with Gasteiger partial charge in [-0.3, -0.25) is 14.5 Å². The summed E-state index contributed by atoms with van der Waals surface area (Å²) in [6.07, 6.45) is 3.12. The van der Waals surface area contributed by atoms with Crippen LogP contribution in [0.1, 0.15) is 17.0 Å². The average Bonchev–Trinajstić information content (AvgIpc) is 3.30. The number of alkyl halides is 1. The molecule has 0 radical (unpaired) electrons. The molecule has 8 heteroatoms. The second-order valence-corrected chi connectivity index (χ2v) is 8.73. The molecule has 1 heterocycles. The van der Waals surface area contributed by atoms with Crippen molar-refractivity contribution in [2.45, 2.75) is 5.92 Å². The van der Waals surface area contributed by atoms with E-state index in [0.29, 0.717) is 30.2 Å². The summed E-state index contributed by atoms with van der Waals surface area (Å²) in [5.41, 5.74) is 9.18. The Balaban J connectivity index is 1.43. The maximum absolute atomic E-state index is 13.2. The van der Waals surface area contributed by atoms with Crippen molar-refractivity contribution in [1.82, 2.24) is 4.90 Å². The normalized spacial score (nSPS) is 17.8. The fraction of sp³-hybridized carbons (Fsp3) is 0.214. The third-order valence-electron chi connectivity index (χ3n) is 6.26. The fourth-order valence-corrected chi connectivity index (χ4v) is 4.37. The maximum Gasteiger partial charge on any atom is 0.248 e. The van der Waals surface area contributed by atoms with Gasteiger partial charge in [0.25, 0.3) is 0 Å². The van der Waals surface area contributed by atoms with E-state index in [4.69, 9.17) is 5.73 Å². The molecule has 2 unspecified atom stereocenters. The standard InChI is InChI=1S/C28H28F2N4O2/c29-15-16-34-17-23(24(18-34)28(36)32-22-12-10-21(30)11-13-22)20-8-5-19(6-9-20)7-14-27(35)33-26-4-2-1-3-25(26)31/h1-14,23-24H,15-18,31H2,(H,32,36)(H,33,35)/b14-7+. The number of benzene rings is 3. The number of para-hydroxylation sites is 2. The molecular weight excluding hydrogens is 462 g/mol. The number of hydrogen-bond acceptors (Lipinski definition) is 4. The number of hydrogen-bond donors (Lipinski definition) is 3. The molecule has 36 heavy (non-hydrogen) atoms. The van der Waals surface area contributed by atoms with Crippen LogP contribution in [0.3, 0.4) is 0 Å². The first-order valence-electron chi connectivity index (χ1n) is 11.7. The SMILES string of the molecule is Nc1ccccc1NC(=O)/C=C/c1ccc(C2CN(CCF)CC2C(=O)Nc2ccc(F)cc2)cc1. The smallest absolute Gasteiger partial charge is 0.248 e. The molecule has 4 N–H and O–H groups in total.